The number of carboxylic acids is 1. The van der Waals surface area contributed by atoms with Crippen LogP contribution >= 0.6 is 12.4 Å². The van der Waals surface area contributed by atoms with Crippen molar-refractivity contribution in [1.29, 1.82) is 0 Å². The average molecular weight is 180 g/mol. The van der Waals surface area contributed by atoms with E-state index in [0.29, 0.717) is 5.92 Å². The molecule has 0 aliphatic heterocycles. The first-order valence-corrected chi connectivity index (χ1v) is 3.53. The van der Waals surface area contributed by atoms with E-state index in [1.807, 2.05) is 0 Å². The number of nitrogens with one attached hydrogen (secondary N) is 1. The van der Waals surface area contributed by atoms with Gasteiger partial charge >= 0.3 is 5.97 Å². The van der Waals surface area contributed by atoms with Gasteiger partial charge < -0.3 is 10.4 Å². The van der Waals surface area contributed by atoms with Gasteiger partial charge in [-0.05, 0) is 32.7 Å². The fourth-order valence-corrected chi connectivity index (χ4v) is 1.15. The molecule has 0 heterocycles. The van der Waals surface area contributed by atoms with Crippen molar-refractivity contribution in [1.82, 2.24) is 5.32 Å². The lowest BCUT2D eigenvalue weighted by Gasteiger charge is -2.23. The van der Waals surface area contributed by atoms with E-state index in [9.17, 15) is 4.79 Å². The number of carboxylic acid groups (broad SMARTS) is 1. The van der Waals surface area contributed by atoms with Gasteiger partial charge in [0.15, 0.2) is 0 Å². The first-order valence-electron chi connectivity index (χ1n) is 3.53. The molecule has 11 heavy (non-hydrogen) atoms. The molecule has 1 aliphatic carbocycles. The highest BCUT2D eigenvalue weighted by Gasteiger charge is 2.46. The summed E-state index contributed by atoms with van der Waals surface area (Å²) in [4.78, 5) is 10.7. The molecule has 4 heteroatoms. The fraction of sp³-hybridized carbons (Fsp3) is 0.857. The van der Waals surface area contributed by atoms with E-state index in [1.165, 1.54) is 0 Å². The van der Waals surface area contributed by atoms with Gasteiger partial charge in [0, 0.05) is 0 Å². The van der Waals surface area contributed by atoms with E-state index in [0.717, 1.165) is 12.8 Å². The summed E-state index contributed by atoms with van der Waals surface area (Å²) in [6, 6.07) is 0. The minimum atomic E-state index is -0.738. The van der Waals surface area contributed by atoms with Gasteiger partial charge in [-0.25, -0.2) is 0 Å². The molecule has 0 spiro atoms. The minimum absolute atomic E-state index is 0. The van der Waals surface area contributed by atoms with Gasteiger partial charge in [0.05, 0.1) is 0 Å². The molecule has 1 fully saturated rings. The van der Waals surface area contributed by atoms with Gasteiger partial charge in [-0.1, -0.05) is 0 Å². The predicted molar refractivity (Wildman–Crippen MR) is 45.1 cm³/mol. The van der Waals surface area contributed by atoms with E-state index in [2.05, 4.69) is 5.32 Å². The lowest BCUT2D eigenvalue weighted by Crippen LogP contribution is -2.49. The van der Waals surface area contributed by atoms with Crippen molar-refractivity contribution in [3.8, 4) is 0 Å². The number of hydrogen-bond acceptors (Lipinski definition) is 2. The van der Waals surface area contributed by atoms with Gasteiger partial charge in [0.25, 0.3) is 0 Å². The van der Waals surface area contributed by atoms with Crippen LogP contribution in [0, 0.1) is 5.92 Å². The molecule has 0 radical (unpaired) electrons. The van der Waals surface area contributed by atoms with Crippen LogP contribution in [0.2, 0.25) is 0 Å². The Morgan fingerprint density at radius 2 is 2.09 bits per heavy atom. The van der Waals surface area contributed by atoms with Crippen molar-refractivity contribution < 1.29 is 9.90 Å². The van der Waals surface area contributed by atoms with E-state index in [1.54, 1.807) is 14.0 Å². The lowest BCUT2D eigenvalue weighted by molar-refractivity contribution is -0.144. The largest absolute Gasteiger partial charge is 0.480 e. The first-order chi connectivity index (χ1) is 4.61. The molecule has 0 aromatic carbocycles. The average Bonchev–Trinajstić information content (AvgIpc) is 2.67. The van der Waals surface area contributed by atoms with Crippen LogP contribution in [0.1, 0.15) is 19.8 Å². The molecule has 0 aromatic heterocycles. The highest BCUT2D eigenvalue weighted by atomic mass is 35.5. The molecule has 1 rings (SSSR count). The first kappa shape index (κ1) is 10.7. The highest BCUT2D eigenvalue weighted by Crippen LogP contribution is 2.39. The Hall–Kier alpha value is -0.280. The van der Waals surface area contributed by atoms with Crippen molar-refractivity contribution in [3.05, 3.63) is 0 Å². The summed E-state index contributed by atoms with van der Waals surface area (Å²) >= 11 is 0. The molecule has 0 amide bonds. The molecular formula is C7H14ClNO2. The Labute approximate surface area is 72.6 Å². The van der Waals surface area contributed by atoms with Crippen LogP contribution in [0.5, 0.6) is 0 Å². The molecule has 0 bridgehead atoms. The van der Waals surface area contributed by atoms with E-state index >= 15 is 0 Å². The Morgan fingerprint density at radius 3 is 2.18 bits per heavy atom. The van der Waals surface area contributed by atoms with Gasteiger partial charge in [-0.2, -0.15) is 0 Å². The predicted octanol–water partition coefficient (Wildman–Crippen LogP) is 0.881. The Bertz CT molecular complexity index is 159. The minimum Gasteiger partial charge on any atom is -0.480 e. The summed E-state index contributed by atoms with van der Waals surface area (Å²) in [5.74, 6) is -0.396. The third-order valence-corrected chi connectivity index (χ3v) is 2.36. The molecule has 66 valence electrons. The van der Waals surface area contributed by atoms with E-state index in [4.69, 9.17) is 5.11 Å². The fourth-order valence-electron chi connectivity index (χ4n) is 1.15. The number of likely N-dealkylation sites (N-methyl/N-ethyl adjacent to an activating group) is 1. The normalized spacial score (nSPS) is 21.6. The molecule has 3 nitrogen and oxygen atoms in total. The van der Waals surface area contributed by atoms with Crippen LogP contribution in [0.15, 0.2) is 0 Å². The molecule has 1 saturated carbocycles. The quantitative estimate of drug-likeness (QED) is 0.677. The third-order valence-electron chi connectivity index (χ3n) is 2.36. The molecule has 2 N–H and O–H groups in total. The number of rotatable bonds is 3. The zero-order valence-electron chi connectivity index (χ0n) is 6.76. The zero-order chi connectivity index (χ0) is 7.78. The summed E-state index contributed by atoms with van der Waals surface area (Å²) in [5.41, 5.74) is -0.681. The van der Waals surface area contributed by atoms with Crippen molar-refractivity contribution in [2.45, 2.75) is 25.3 Å². The number of halogens is 1. The van der Waals surface area contributed by atoms with Gasteiger partial charge in [-0.3, -0.25) is 4.79 Å². The van der Waals surface area contributed by atoms with E-state index < -0.39 is 11.5 Å². The topological polar surface area (TPSA) is 49.3 Å². The van der Waals surface area contributed by atoms with Crippen LogP contribution in [0.3, 0.4) is 0 Å². The van der Waals surface area contributed by atoms with Crippen LogP contribution in [0.4, 0.5) is 0 Å². The Kier molecular flexibility index (Phi) is 3.32. The van der Waals surface area contributed by atoms with Gasteiger partial charge in [-0.15, -0.1) is 12.4 Å². The van der Waals surface area contributed by atoms with Crippen molar-refractivity contribution in [2.75, 3.05) is 7.05 Å². The molecule has 1 unspecified atom stereocenters. The van der Waals surface area contributed by atoms with E-state index in [-0.39, 0.29) is 12.4 Å². The molecule has 0 saturated heterocycles. The maximum absolute atomic E-state index is 10.7. The summed E-state index contributed by atoms with van der Waals surface area (Å²) in [7, 11) is 1.70. The summed E-state index contributed by atoms with van der Waals surface area (Å²) in [6.45, 7) is 1.74. The van der Waals surface area contributed by atoms with Crippen LogP contribution in [-0.4, -0.2) is 23.7 Å². The molecule has 0 aromatic rings. The SMILES string of the molecule is CNC(C)(C(=O)O)C1CC1.Cl. The van der Waals surface area contributed by atoms with Crippen molar-refractivity contribution >= 4 is 18.4 Å². The standard InChI is InChI=1S/C7H13NO2.ClH/c1-7(8-2,6(9)10)5-3-4-5;/h5,8H,3-4H2,1-2H3,(H,9,10);1H. The number of hydrogen-bond donors (Lipinski definition) is 2. The molecule has 1 atom stereocenters. The van der Waals surface area contributed by atoms with Crippen molar-refractivity contribution in [2.24, 2.45) is 5.92 Å². The second-order valence-corrected chi connectivity index (χ2v) is 3.03. The van der Waals surface area contributed by atoms with Gasteiger partial charge in [0.1, 0.15) is 5.54 Å². The summed E-state index contributed by atoms with van der Waals surface area (Å²) in [6.07, 6.45) is 2.09. The van der Waals surface area contributed by atoms with Crippen molar-refractivity contribution in [3.63, 3.8) is 0 Å². The maximum Gasteiger partial charge on any atom is 0.323 e. The van der Waals surface area contributed by atoms with Crippen LogP contribution in [-0.2, 0) is 4.79 Å². The number of aliphatic carboxylic acids is 1. The van der Waals surface area contributed by atoms with Crippen LogP contribution < -0.4 is 5.32 Å². The maximum atomic E-state index is 10.7. The smallest absolute Gasteiger partial charge is 0.323 e. The molecule has 1 aliphatic rings. The lowest BCUT2D eigenvalue weighted by atomic mass is 9.97. The monoisotopic (exact) mass is 179 g/mol. The number of carbonyl (C=O) groups is 1. The molecular weight excluding hydrogens is 166 g/mol. The second-order valence-electron chi connectivity index (χ2n) is 3.03. The Balaban J connectivity index is 0.000001000. The van der Waals surface area contributed by atoms with Crippen LogP contribution in [0.25, 0.3) is 0 Å². The third kappa shape index (κ3) is 1.84. The van der Waals surface area contributed by atoms with Gasteiger partial charge in [0.2, 0.25) is 0 Å². The second kappa shape index (κ2) is 3.41. The highest BCUT2D eigenvalue weighted by molar-refractivity contribution is 5.85. The zero-order valence-corrected chi connectivity index (χ0v) is 7.57. The summed E-state index contributed by atoms with van der Waals surface area (Å²) < 4.78 is 0. The Morgan fingerprint density at radius 1 is 1.64 bits per heavy atom. The summed E-state index contributed by atoms with van der Waals surface area (Å²) in [5, 5.41) is 11.6.